The first-order valence-electron chi connectivity index (χ1n) is 19.7. The average Bonchev–Trinajstić information content (AvgIpc) is 3.80. The van der Waals surface area contributed by atoms with Crippen LogP contribution in [0.1, 0.15) is 26.4 Å². The molecule has 8 heterocycles. The number of halogens is 5. The minimum absolute atomic E-state index is 0.0164. The number of hydrogen-bond acceptors (Lipinski definition) is 10. The molecule has 4 saturated heterocycles. The minimum Gasteiger partial charge on any atom is -0.380 e. The van der Waals surface area contributed by atoms with Crippen molar-refractivity contribution in [1.29, 1.82) is 0 Å². The number of ether oxygens (including phenoxy) is 2. The summed E-state index contributed by atoms with van der Waals surface area (Å²) in [7, 11) is 0. The molecule has 19 heteroatoms. The van der Waals surface area contributed by atoms with Gasteiger partial charge in [0.05, 0.1) is 71.6 Å². The molecular formula is C43H37F5N10O4. The molecule has 0 unspecified atom stereocenters. The summed E-state index contributed by atoms with van der Waals surface area (Å²) in [4.78, 5) is 41.6. The summed E-state index contributed by atoms with van der Waals surface area (Å²) in [6, 6.07) is 15.4. The fraction of sp³-hybridized carbons (Fsp3) is 0.302. The Bertz CT molecular complexity index is 2750. The molecule has 4 aliphatic heterocycles. The van der Waals surface area contributed by atoms with Gasteiger partial charge in [-0.1, -0.05) is 36.4 Å². The van der Waals surface area contributed by atoms with Gasteiger partial charge in [0, 0.05) is 67.0 Å². The van der Waals surface area contributed by atoms with E-state index in [2.05, 4.69) is 25.8 Å². The monoisotopic (exact) mass is 852 g/mol. The fourth-order valence-electron chi connectivity index (χ4n) is 8.49. The van der Waals surface area contributed by atoms with Crippen molar-refractivity contribution in [2.75, 3.05) is 73.0 Å². The van der Waals surface area contributed by atoms with Gasteiger partial charge in [-0.2, -0.15) is 23.4 Å². The number of nitrogens with zero attached hydrogens (tertiary/aromatic N) is 8. The van der Waals surface area contributed by atoms with Gasteiger partial charge >= 0.3 is 6.18 Å². The van der Waals surface area contributed by atoms with E-state index in [1.807, 2.05) is 9.80 Å². The molecule has 2 aromatic carbocycles. The third-order valence-corrected chi connectivity index (χ3v) is 11.7. The Morgan fingerprint density at radius 2 is 1.34 bits per heavy atom. The zero-order valence-corrected chi connectivity index (χ0v) is 33.0. The Morgan fingerprint density at radius 3 is 1.94 bits per heavy atom. The number of amides is 2. The summed E-state index contributed by atoms with van der Waals surface area (Å²) in [5.41, 5.74) is 1.63. The first-order chi connectivity index (χ1) is 29.8. The van der Waals surface area contributed by atoms with Crippen molar-refractivity contribution in [3.8, 4) is 28.1 Å². The van der Waals surface area contributed by atoms with Crippen LogP contribution in [0.15, 0.2) is 85.5 Å². The van der Waals surface area contributed by atoms with Crippen molar-refractivity contribution in [3.05, 3.63) is 114 Å². The highest BCUT2D eigenvalue weighted by Crippen LogP contribution is 2.47. The highest BCUT2D eigenvalue weighted by Gasteiger charge is 2.51. The van der Waals surface area contributed by atoms with Crippen LogP contribution < -0.4 is 20.4 Å². The van der Waals surface area contributed by atoms with Gasteiger partial charge < -0.3 is 29.9 Å². The van der Waals surface area contributed by atoms with Crippen LogP contribution in [-0.2, 0) is 16.0 Å². The summed E-state index contributed by atoms with van der Waals surface area (Å²) in [5.74, 6) is -1.54. The molecule has 4 aliphatic rings. The molecule has 0 bridgehead atoms. The standard InChI is InChI=1S/C43H37F5N10O4/c1-25-31(40(60)53-35-29(27-6-2-4-8-32(27)44)10-11-49-37(35)55-16-41(17-55)21-61-22-41)15-58(54-25)34-12-30(28-7-3-5-9-33(28)45)36(38(51-34)56-18-42(19-56)23-62-24-42)52-39(59)26-13-50-57(14-26)20-43(46,47)48/h2-15H,16-24H2,1H3,(H,52,59)(H,53,60). The first kappa shape index (κ1) is 39.4. The number of benzene rings is 2. The van der Waals surface area contributed by atoms with Crippen LogP contribution in [0.5, 0.6) is 0 Å². The number of carbonyl (C=O) groups excluding carboxylic acids is 2. The quantitative estimate of drug-likeness (QED) is 0.146. The van der Waals surface area contributed by atoms with E-state index in [1.54, 1.807) is 43.5 Å². The van der Waals surface area contributed by atoms with Gasteiger partial charge in [-0.25, -0.2) is 23.4 Å². The van der Waals surface area contributed by atoms with Gasteiger partial charge in [-0.3, -0.25) is 14.3 Å². The van der Waals surface area contributed by atoms with Gasteiger partial charge in [-0.15, -0.1) is 0 Å². The van der Waals surface area contributed by atoms with Crippen molar-refractivity contribution in [1.82, 2.24) is 29.5 Å². The summed E-state index contributed by atoms with van der Waals surface area (Å²) in [6.07, 6.45) is 0.499. The van der Waals surface area contributed by atoms with E-state index >= 15 is 8.78 Å². The van der Waals surface area contributed by atoms with Crippen molar-refractivity contribution < 1.29 is 41.0 Å². The molecule has 4 fully saturated rings. The third kappa shape index (κ3) is 7.09. The lowest BCUT2D eigenvalue weighted by Gasteiger charge is -2.55. The second kappa shape index (κ2) is 14.7. The minimum atomic E-state index is -4.57. The third-order valence-electron chi connectivity index (χ3n) is 11.7. The highest BCUT2D eigenvalue weighted by molar-refractivity contribution is 6.10. The van der Waals surface area contributed by atoms with Crippen molar-refractivity contribution in [2.45, 2.75) is 19.6 Å². The number of carbonyl (C=O) groups is 2. The van der Waals surface area contributed by atoms with E-state index in [4.69, 9.17) is 14.5 Å². The second-order valence-electron chi connectivity index (χ2n) is 16.5. The van der Waals surface area contributed by atoms with Gasteiger partial charge in [0.15, 0.2) is 17.5 Å². The van der Waals surface area contributed by atoms with Crippen molar-refractivity contribution in [2.24, 2.45) is 10.8 Å². The molecule has 4 aromatic heterocycles. The predicted molar refractivity (Wildman–Crippen MR) is 216 cm³/mol. The molecule has 0 aliphatic carbocycles. The van der Waals surface area contributed by atoms with Gasteiger partial charge in [-0.05, 0) is 31.2 Å². The fourth-order valence-corrected chi connectivity index (χ4v) is 8.49. The van der Waals surface area contributed by atoms with Crippen LogP contribution in [0.2, 0.25) is 0 Å². The summed E-state index contributed by atoms with van der Waals surface area (Å²) in [6.45, 7) is 4.83. The molecule has 318 valence electrons. The number of aryl methyl sites for hydroxylation is 1. The summed E-state index contributed by atoms with van der Waals surface area (Å²) < 4.78 is 83.4. The molecular weight excluding hydrogens is 816 g/mol. The normalized spacial score (nSPS) is 17.3. The number of nitrogens with one attached hydrogen (secondary N) is 2. The maximum absolute atomic E-state index is 15.8. The zero-order valence-electron chi connectivity index (χ0n) is 33.0. The van der Waals surface area contributed by atoms with Gasteiger partial charge in [0.1, 0.15) is 18.2 Å². The maximum atomic E-state index is 15.8. The van der Waals surface area contributed by atoms with Crippen molar-refractivity contribution in [3.63, 3.8) is 0 Å². The van der Waals surface area contributed by atoms with Crippen LogP contribution in [0.4, 0.5) is 45.0 Å². The van der Waals surface area contributed by atoms with E-state index in [0.29, 0.717) is 80.1 Å². The molecule has 0 atom stereocenters. The number of aromatic nitrogens is 6. The Kier molecular flexibility index (Phi) is 9.36. The van der Waals surface area contributed by atoms with Gasteiger partial charge in [0.25, 0.3) is 11.8 Å². The largest absolute Gasteiger partial charge is 0.408 e. The van der Waals surface area contributed by atoms with Gasteiger partial charge in [0.2, 0.25) is 0 Å². The Hall–Kier alpha value is -6.73. The lowest BCUT2D eigenvalue weighted by Crippen LogP contribution is -2.66. The smallest absolute Gasteiger partial charge is 0.380 e. The van der Waals surface area contributed by atoms with E-state index in [0.717, 1.165) is 12.4 Å². The highest BCUT2D eigenvalue weighted by atomic mass is 19.4. The molecule has 62 heavy (non-hydrogen) atoms. The Morgan fingerprint density at radius 1 is 0.758 bits per heavy atom. The van der Waals surface area contributed by atoms with E-state index in [9.17, 15) is 22.8 Å². The molecule has 2 spiro atoms. The van der Waals surface area contributed by atoms with Crippen LogP contribution in [0, 0.1) is 29.4 Å². The van der Waals surface area contributed by atoms with Crippen LogP contribution in [0.25, 0.3) is 28.1 Å². The first-order valence-corrected chi connectivity index (χ1v) is 19.7. The average molecular weight is 853 g/mol. The molecule has 0 radical (unpaired) electrons. The SMILES string of the molecule is Cc1nn(-c2cc(-c3ccccc3F)c(NC(=O)c3cnn(CC(F)(F)F)c3)c(N3CC4(COC4)C3)n2)cc1C(=O)Nc1c(-c2ccccc2F)ccnc1N1CC2(COC2)C1. The van der Waals surface area contributed by atoms with Crippen molar-refractivity contribution >= 4 is 34.8 Å². The molecule has 10 rings (SSSR count). The molecule has 2 N–H and O–H groups in total. The number of anilines is 4. The number of rotatable bonds is 10. The van der Waals surface area contributed by atoms with Crippen LogP contribution in [0.3, 0.4) is 0 Å². The summed E-state index contributed by atoms with van der Waals surface area (Å²) >= 11 is 0. The number of alkyl halides is 3. The molecule has 6 aromatic rings. The molecule has 14 nitrogen and oxygen atoms in total. The molecule has 2 amide bonds. The lowest BCUT2D eigenvalue weighted by molar-refractivity contribution is -0.142. The number of pyridine rings is 2. The topological polar surface area (TPSA) is 145 Å². The van der Waals surface area contributed by atoms with E-state index in [-0.39, 0.29) is 56.0 Å². The zero-order chi connectivity index (χ0) is 43.0. The Balaban J connectivity index is 1.03. The number of hydrogen-bond donors (Lipinski definition) is 2. The molecule has 0 saturated carbocycles. The van der Waals surface area contributed by atoms with Crippen LogP contribution >= 0.6 is 0 Å². The van der Waals surface area contributed by atoms with E-state index < -0.39 is 36.2 Å². The Labute approximate surface area is 350 Å². The lowest BCUT2D eigenvalue weighted by atomic mass is 9.78. The van der Waals surface area contributed by atoms with Crippen LogP contribution in [-0.4, -0.2) is 100 Å². The second-order valence-corrected chi connectivity index (χ2v) is 16.5. The van der Waals surface area contributed by atoms with E-state index in [1.165, 1.54) is 41.2 Å². The predicted octanol–water partition coefficient (Wildman–Crippen LogP) is 6.52. The summed E-state index contributed by atoms with van der Waals surface area (Å²) in [5, 5.41) is 14.2. The maximum Gasteiger partial charge on any atom is 0.408 e.